The van der Waals surface area contributed by atoms with Crippen molar-refractivity contribution in [1.82, 2.24) is 0 Å². The number of unbranched alkanes of at least 4 members (excludes halogenated alkanes) is 1. The molecular formula is C21H30O5S. The van der Waals surface area contributed by atoms with Crippen molar-refractivity contribution in [2.75, 3.05) is 0 Å². The molecule has 150 valence electrons. The molecule has 1 aromatic rings. The lowest BCUT2D eigenvalue weighted by Gasteiger charge is -2.19. The predicted octanol–water partition coefficient (Wildman–Crippen LogP) is 3.16. The van der Waals surface area contributed by atoms with Crippen LogP contribution in [0.2, 0.25) is 0 Å². The van der Waals surface area contributed by atoms with E-state index < -0.39 is 24.3 Å². The van der Waals surface area contributed by atoms with E-state index in [2.05, 4.69) is 11.4 Å². The molecule has 0 bridgehead atoms. The summed E-state index contributed by atoms with van der Waals surface area (Å²) in [5.74, 6) is -1.06. The first-order valence-corrected chi connectivity index (χ1v) is 10.5. The van der Waals surface area contributed by atoms with Crippen molar-refractivity contribution in [3.8, 4) is 0 Å². The Morgan fingerprint density at radius 1 is 1.30 bits per heavy atom. The minimum atomic E-state index is -0.791. The van der Waals surface area contributed by atoms with Crippen molar-refractivity contribution in [3.05, 3.63) is 46.7 Å². The maximum Gasteiger partial charge on any atom is 0.303 e. The number of rotatable bonds is 11. The third-order valence-electron chi connectivity index (χ3n) is 5.12. The lowest BCUT2D eigenvalue weighted by molar-refractivity contribution is -0.137. The van der Waals surface area contributed by atoms with Gasteiger partial charge in [0.2, 0.25) is 0 Å². The van der Waals surface area contributed by atoms with Crippen LogP contribution in [0.15, 0.2) is 41.1 Å². The van der Waals surface area contributed by atoms with E-state index in [0.717, 1.165) is 6.42 Å². The monoisotopic (exact) mass is 394 g/mol. The zero-order valence-corrected chi connectivity index (χ0v) is 16.3. The van der Waals surface area contributed by atoms with Crippen molar-refractivity contribution in [3.63, 3.8) is 0 Å². The molecule has 6 heteroatoms. The fraction of sp³-hybridized carbons (Fsp3) is 0.571. The van der Waals surface area contributed by atoms with Crippen molar-refractivity contribution in [2.45, 2.75) is 63.3 Å². The Labute approximate surface area is 164 Å². The highest BCUT2D eigenvalue weighted by Crippen LogP contribution is 2.36. The zero-order valence-electron chi connectivity index (χ0n) is 15.5. The van der Waals surface area contributed by atoms with Crippen LogP contribution in [-0.2, 0) is 11.2 Å². The van der Waals surface area contributed by atoms with Crippen LogP contribution in [0.25, 0.3) is 0 Å². The van der Waals surface area contributed by atoms with E-state index in [4.69, 9.17) is 5.11 Å². The number of thiophene rings is 1. The van der Waals surface area contributed by atoms with Crippen molar-refractivity contribution in [2.24, 2.45) is 11.8 Å². The second kappa shape index (κ2) is 11.4. The molecule has 27 heavy (non-hydrogen) atoms. The van der Waals surface area contributed by atoms with Gasteiger partial charge in [-0.15, -0.1) is 0 Å². The van der Waals surface area contributed by atoms with Gasteiger partial charge in [-0.25, -0.2) is 0 Å². The molecule has 5 unspecified atom stereocenters. The fourth-order valence-electron chi connectivity index (χ4n) is 3.55. The Morgan fingerprint density at radius 3 is 2.81 bits per heavy atom. The van der Waals surface area contributed by atoms with Crippen molar-refractivity contribution in [1.29, 1.82) is 0 Å². The van der Waals surface area contributed by atoms with Crippen LogP contribution >= 0.6 is 11.3 Å². The van der Waals surface area contributed by atoms with Gasteiger partial charge in [-0.1, -0.05) is 24.3 Å². The largest absolute Gasteiger partial charge is 0.481 e. The molecule has 1 heterocycles. The molecule has 5 nitrogen and oxygen atoms in total. The van der Waals surface area contributed by atoms with Gasteiger partial charge in [0.05, 0.1) is 18.3 Å². The maximum atomic E-state index is 10.5. The Bertz CT molecular complexity index is 610. The number of aliphatic hydroxyl groups is 3. The first-order chi connectivity index (χ1) is 13.0. The molecule has 0 spiro atoms. The SMILES string of the molecule is O=C(O)CCCC=CCC1C(O)CC(O)C1C=CC(O)CCc1ccsc1. The highest BCUT2D eigenvalue weighted by atomic mass is 32.1. The molecular weight excluding hydrogens is 364 g/mol. The van der Waals surface area contributed by atoms with Gasteiger partial charge in [-0.3, -0.25) is 4.79 Å². The first-order valence-electron chi connectivity index (χ1n) is 9.57. The number of aliphatic carboxylic acids is 1. The van der Waals surface area contributed by atoms with Gasteiger partial charge in [-0.05, 0) is 60.4 Å². The second-order valence-electron chi connectivity index (χ2n) is 7.23. The summed E-state index contributed by atoms with van der Waals surface area (Å²) in [6.45, 7) is 0. The molecule has 1 aromatic heterocycles. The summed E-state index contributed by atoms with van der Waals surface area (Å²) in [7, 11) is 0. The Kier molecular flexibility index (Phi) is 9.21. The van der Waals surface area contributed by atoms with E-state index in [0.29, 0.717) is 32.1 Å². The number of allylic oxidation sites excluding steroid dienone is 2. The third kappa shape index (κ3) is 7.58. The van der Waals surface area contributed by atoms with E-state index in [1.807, 2.05) is 23.6 Å². The van der Waals surface area contributed by atoms with E-state index in [1.54, 1.807) is 17.4 Å². The van der Waals surface area contributed by atoms with Gasteiger partial charge in [0.25, 0.3) is 0 Å². The molecule has 0 aromatic carbocycles. The third-order valence-corrected chi connectivity index (χ3v) is 5.85. The summed E-state index contributed by atoms with van der Waals surface area (Å²) in [4.78, 5) is 10.5. The molecule has 1 saturated carbocycles. The van der Waals surface area contributed by atoms with Crippen LogP contribution in [-0.4, -0.2) is 44.7 Å². The fourth-order valence-corrected chi connectivity index (χ4v) is 4.25. The number of carboxylic acids is 1. The molecule has 0 radical (unpaired) electrons. The molecule has 2 rings (SSSR count). The normalized spacial score (nSPS) is 26.9. The molecule has 0 amide bonds. The molecule has 1 aliphatic carbocycles. The summed E-state index contributed by atoms with van der Waals surface area (Å²) in [6.07, 6.45) is 9.62. The Balaban J connectivity index is 1.81. The average molecular weight is 395 g/mol. The van der Waals surface area contributed by atoms with Gasteiger partial charge in [0, 0.05) is 18.8 Å². The van der Waals surface area contributed by atoms with Crippen molar-refractivity contribution >= 4 is 17.3 Å². The van der Waals surface area contributed by atoms with Crippen LogP contribution in [0, 0.1) is 11.8 Å². The number of aryl methyl sites for hydroxylation is 1. The van der Waals surface area contributed by atoms with Crippen LogP contribution in [0.4, 0.5) is 0 Å². The second-order valence-corrected chi connectivity index (χ2v) is 8.01. The van der Waals surface area contributed by atoms with Crippen molar-refractivity contribution < 1.29 is 25.2 Å². The lowest BCUT2D eigenvalue weighted by atomic mass is 9.89. The standard InChI is InChI=1S/C21H30O5S/c22-16(8-7-15-11-12-27-14-15)9-10-18-17(19(23)13-20(18)24)5-3-1-2-4-6-21(25)26/h1,3,9-12,14,16-20,22-24H,2,4-8,13H2,(H,25,26). The number of carboxylic acid groups (broad SMARTS) is 1. The first kappa shape index (κ1) is 21.8. The van der Waals surface area contributed by atoms with Gasteiger partial charge in [0.15, 0.2) is 0 Å². The maximum absolute atomic E-state index is 10.5. The van der Waals surface area contributed by atoms with E-state index >= 15 is 0 Å². The molecule has 0 saturated heterocycles. The van der Waals surface area contributed by atoms with Crippen LogP contribution in [0.1, 0.15) is 44.1 Å². The van der Waals surface area contributed by atoms with Gasteiger partial charge in [0.1, 0.15) is 0 Å². The highest BCUT2D eigenvalue weighted by Gasteiger charge is 2.39. The van der Waals surface area contributed by atoms with Gasteiger partial charge in [-0.2, -0.15) is 11.3 Å². The number of carbonyl (C=O) groups is 1. The average Bonchev–Trinajstić information content (AvgIpc) is 3.22. The smallest absolute Gasteiger partial charge is 0.303 e. The van der Waals surface area contributed by atoms with Gasteiger partial charge >= 0.3 is 5.97 Å². The molecule has 0 aliphatic heterocycles. The Morgan fingerprint density at radius 2 is 2.11 bits per heavy atom. The quantitative estimate of drug-likeness (QED) is 0.341. The molecule has 5 atom stereocenters. The molecule has 4 N–H and O–H groups in total. The summed E-state index contributed by atoms with van der Waals surface area (Å²) < 4.78 is 0. The van der Waals surface area contributed by atoms with Crippen LogP contribution in [0.3, 0.4) is 0 Å². The minimum absolute atomic E-state index is 0.0870. The van der Waals surface area contributed by atoms with E-state index in [1.165, 1.54) is 5.56 Å². The van der Waals surface area contributed by atoms with E-state index in [9.17, 15) is 20.1 Å². The zero-order chi connectivity index (χ0) is 19.6. The topological polar surface area (TPSA) is 98.0 Å². The predicted molar refractivity (Wildman–Crippen MR) is 107 cm³/mol. The summed E-state index contributed by atoms with van der Waals surface area (Å²) in [6, 6.07) is 2.05. The van der Waals surface area contributed by atoms with Crippen LogP contribution < -0.4 is 0 Å². The lowest BCUT2D eigenvalue weighted by Crippen LogP contribution is -2.20. The summed E-state index contributed by atoms with van der Waals surface area (Å²) >= 11 is 1.64. The number of aliphatic hydroxyl groups excluding tert-OH is 3. The number of hydrogen-bond acceptors (Lipinski definition) is 5. The molecule has 1 fully saturated rings. The highest BCUT2D eigenvalue weighted by molar-refractivity contribution is 7.07. The summed E-state index contributed by atoms with van der Waals surface area (Å²) in [5, 5.41) is 43.4. The number of hydrogen-bond donors (Lipinski definition) is 4. The minimum Gasteiger partial charge on any atom is -0.481 e. The molecule has 1 aliphatic rings. The van der Waals surface area contributed by atoms with E-state index in [-0.39, 0.29) is 18.3 Å². The Hall–Kier alpha value is -1.47. The van der Waals surface area contributed by atoms with Crippen LogP contribution in [0.5, 0.6) is 0 Å². The van der Waals surface area contributed by atoms with Gasteiger partial charge < -0.3 is 20.4 Å². The summed E-state index contributed by atoms with van der Waals surface area (Å²) in [5.41, 5.74) is 1.22.